The van der Waals surface area contributed by atoms with Crippen molar-refractivity contribution in [2.45, 2.75) is 33.4 Å². The number of aromatic nitrogens is 1. The molecule has 5 heteroatoms. The van der Waals surface area contributed by atoms with E-state index in [0.29, 0.717) is 18.7 Å². The van der Waals surface area contributed by atoms with Crippen LogP contribution in [-0.4, -0.2) is 37.8 Å². The summed E-state index contributed by atoms with van der Waals surface area (Å²) in [5, 5.41) is 3.22. The van der Waals surface area contributed by atoms with Crippen LogP contribution in [-0.2, 0) is 11.3 Å². The van der Waals surface area contributed by atoms with Crippen molar-refractivity contribution in [3.8, 4) is 0 Å². The highest BCUT2D eigenvalue weighted by Gasteiger charge is 2.15. The van der Waals surface area contributed by atoms with E-state index in [1.165, 1.54) is 0 Å². The topological polar surface area (TPSA) is 50.5 Å². The van der Waals surface area contributed by atoms with Gasteiger partial charge in [0.1, 0.15) is 6.26 Å². The lowest BCUT2D eigenvalue weighted by molar-refractivity contribution is 0.202. The van der Waals surface area contributed by atoms with Gasteiger partial charge in [-0.3, -0.25) is 0 Å². The zero-order valence-electron chi connectivity index (χ0n) is 11.2. The highest BCUT2D eigenvalue weighted by Crippen LogP contribution is 2.16. The van der Waals surface area contributed by atoms with E-state index in [-0.39, 0.29) is 0 Å². The van der Waals surface area contributed by atoms with Gasteiger partial charge in [0.2, 0.25) is 0 Å². The molecule has 0 bridgehead atoms. The maximum atomic E-state index is 5.50. The van der Waals surface area contributed by atoms with Crippen molar-refractivity contribution < 1.29 is 9.15 Å². The van der Waals surface area contributed by atoms with E-state index in [9.17, 15) is 0 Å². The van der Waals surface area contributed by atoms with Gasteiger partial charge >= 0.3 is 0 Å². The van der Waals surface area contributed by atoms with Crippen molar-refractivity contribution in [1.82, 2.24) is 10.3 Å². The van der Waals surface area contributed by atoms with Crippen LogP contribution in [0.15, 0.2) is 10.7 Å². The highest BCUT2D eigenvalue weighted by molar-refractivity contribution is 5.28. The standard InChI is InChI=1S/C12H23N3O2/c1-5-13-8-11-9-17-12(14-11)15(10(2)3)6-7-16-4/h9-10,13H,5-8H2,1-4H3. The second-order valence-corrected chi connectivity index (χ2v) is 4.18. The average Bonchev–Trinajstić information content (AvgIpc) is 2.75. The van der Waals surface area contributed by atoms with E-state index >= 15 is 0 Å². The predicted molar refractivity (Wildman–Crippen MR) is 68.2 cm³/mol. The van der Waals surface area contributed by atoms with Crippen molar-refractivity contribution >= 4 is 6.01 Å². The van der Waals surface area contributed by atoms with Gasteiger partial charge in [0.15, 0.2) is 0 Å². The largest absolute Gasteiger partial charge is 0.432 e. The fraction of sp³-hybridized carbons (Fsp3) is 0.750. The molecule has 0 radical (unpaired) electrons. The Balaban J connectivity index is 2.63. The second-order valence-electron chi connectivity index (χ2n) is 4.18. The number of hydrogen-bond donors (Lipinski definition) is 1. The Kier molecular flexibility index (Phi) is 6.00. The zero-order chi connectivity index (χ0) is 12.7. The van der Waals surface area contributed by atoms with Crippen LogP contribution in [0.2, 0.25) is 0 Å². The zero-order valence-corrected chi connectivity index (χ0v) is 11.2. The highest BCUT2D eigenvalue weighted by atomic mass is 16.5. The van der Waals surface area contributed by atoms with Crippen LogP contribution in [0.3, 0.4) is 0 Å². The van der Waals surface area contributed by atoms with E-state index < -0.39 is 0 Å². The Bertz CT molecular complexity index is 312. The summed E-state index contributed by atoms with van der Waals surface area (Å²) in [6, 6.07) is 1.01. The molecule has 1 N–H and O–H groups in total. The van der Waals surface area contributed by atoms with Crippen LogP contribution >= 0.6 is 0 Å². The van der Waals surface area contributed by atoms with Crippen LogP contribution in [0, 0.1) is 0 Å². The monoisotopic (exact) mass is 241 g/mol. The minimum Gasteiger partial charge on any atom is -0.432 e. The first-order chi connectivity index (χ1) is 8.19. The van der Waals surface area contributed by atoms with Gasteiger partial charge in [-0.2, -0.15) is 4.98 Å². The molecule has 0 fully saturated rings. The molecule has 0 aromatic carbocycles. The van der Waals surface area contributed by atoms with Gasteiger partial charge in [-0.25, -0.2) is 0 Å². The first-order valence-corrected chi connectivity index (χ1v) is 6.09. The molecule has 1 aromatic heterocycles. The number of methoxy groups -OCH3 is 1. The number of nitrogens with zero attached hydrogens (tertiary/aromatic N) is 2. The summed E-state index contributed by atoms with van der Waals surface area (Å²) in [7, 11) is 1.70. The molecule has 1 heterocycles. The summed E-state index contributed by atoms with van der Waals surface area (Å²) in [6.07, 6.45) is 1.71. The lowest BCUT2D eigenvalue weighted by Crippen LogP contribution is -2.34. The molecule has 17 heavy (non-hydrogen) atoms. The van der Waals surface area contributed by atoms with Crippen molar-refractivity contribution in [3.63, 3.8) is 0 Å². The summed E-state index contributed by atoms with van der Waals surface area (Å²) in [4.78, 5) is 6.56. The van der Waals surface area contributed by atoms with Crippen molar-refractivity contribution in [3.05, 3.63) is 12.0 Å². The van der Waals surface area contributed by atoms with Gasteiger partial charge in [0.05, 0.1) is 12.3 Å². The summed E-state index contributed by atoms with van der Waals surface area (Å²) in [5.41, 5.74) is 0.935. The third kappa shape index (κ3) is 4.36. The Morgan fingerprint density at radius 3 is 2.88 bits per heavy atom. The van der Waals surface area contributed by atoms with E-state index in [1.807, 2.05) is 0 Å². The first kappa shape index (κ1) is 14.0. The van der Waals surface area contributed by atoms with Crippen molar-refractivity contribution in [2.75, 3.05) is 31.7 Å². The maximum absolute atomic E-state index is 5.50. The number of nitrogens with one attached hydrogen (secondary N) is 1. The Morgan fingerprint density at radius 1 is 1.53 bits per heavy atom. The van der Waals surface area contributed by atoms with Crippen LogP contribution < -0.4 is 10.2 Å². The molecule has 0 amide bonds. The van der Waals surface area contributed by atoms with Crippen LogP contribution in [0.4, 0.5) is 6.01 Å². The van der Waals surface area contributed by atoms with Crippen LogP contribution in [0.5, 0.6) is 0 Å². The number of anilines is 1. The third-order valence-electron chi connectivity index (χ3n) is 2.50. The van der Waals surface area contributed by atoms with E-state index in [1.54, 1.807) is 13.4 Å². The Morgan fingerprint density at radius 2 is 2.29 bits per heavy atom. The summed E-state index contributed by atoms with van der Waals surface area (Å²) < 4.78 is 10.6. The minimum absolute atomic E-state index is 0.343. The second kappa shape index (κ2) is 7.29. The van der Waals surface area contributed by atoms with Gasteiger partial charge in [0.25, 0.3) is 6.01 Å². The molecule has 0 saturated heterocycles. The number of rotatable bonds is 8. The quantitative estimate of drug-likeness (QED) is 0.750. The SMILES string of the molecule is CCNCc1coc(N(CCOC)C(C)C)n1. The molecular formula is C12H23N3O2. The van der Waals surface area contributed by atoms with Gasteiger partial charge in [0, 0.05) is 26.2 Å². The van der Waals surface area contributed by atoms with E-state index in [4.69, 9.17) is 9.15 Å². The fourth-order valence-corrected chi connectivity index (χ4v) is 1.53. The van der Waals surface area contributed by atoms with Gasteiger partial charge in [-0.15, -0.1) is 0 Å². The molecule has 98 valence electrons. The average molecular weight is 241 g/mol. The molecule has 0 aliphatic carbocycles. The minimum atomic E-state index is 0.343. The molecule has 0 atom stereocenters. The van der Waals surface area contributed by atoms with E-state index in [0.717, 1.165) is 25.3 Å². The summed E-state index contributed by atoms with van der Waals surface area (Å²) >= 11 is 0. The normalized spacial score (nSPS) is 11.1. The van der Waals surface area contributed by atoms with Gasteiger partial charge in [-0.05, 0) is 20.4 Å². The maximum Gasteiger partial charge on any atom is 0.297 e. The Hall–Kier alpha value is -1.07. The first-order valence-electron chi connectivity index (χ1n) is 6.09. The Labute approximate surface area is 103 Å². The smallest absolute Gasteiger partial charge is 0.297 e. The number of ether oxygens (including phenoxy) is 1. The number of oxazole rings is 1. The van der Waals surface area contributed by atoms with Crippen molar-refractivity contribution in [2.24, 2.45) is 0 Å². The molecule has 1 rings (SSSR count). The lowest BCUT2D eigenvalue weighted by atomic mass is 10.3. The molecule has 0 saturated carbocycles. The molecule has 0 unspecified atom stereocenters. The molecule has 5 nitrogen and oxygen atoms in total. The van der Waals surface area contributed by atoms with Gasteiger partial charge in [-0.1, -0.05) is 6.92 Å². The van der Waals surface area contributed by atoms with Gasteiger partial charge < -0.3 is 19.4 Å². The predicted octanol–water partition coefficient (Wildman–Crippen LogP) is 1.65. The summed E-state index contributed by atoms with van der Waals surface area (Å²) in [5.74, 6) is 0. The molecular weight excluding hydrogens is 218 g/mol. The fourth-order valence-electron chi connectivity index (χ4n) is 1.53. The summed E-state index contributed by atoms with van der Waals surface area (Å²) in [6.45, 7) is 9.43. The lowest BCUT2D eigenvalue weighted by Gasteiger charge is -2.24. The molecule has 0 aliphatic rings. The molecule has 0 spiro atoms. The van der Waals surface area contributed by atoms with Crippen molar-refractivity contribution in [1.29, 1.82) is 0 Å². The third-order valence-corrected chi connectivity index (χ3v) is 2.50. The molecule has 0 aliphatic heterocycles. The van der Waals surface area contributed by atoms with E-state index in [2.05, 4.69) is 36.0 Å². The number of hydrogen-bond acceptors (Lipinski definition) is 5. The van der Waals surface area contributed by atoms with Crippen LogP contribution in [0.25, 0.3) is 0 Å². The molecule has 1 aromatic rings. The van der Waals surface area contributed by atoms with Crippen LogP contribution in [0.1, 0.15) is 26.5 Å².